The number of nitrogens with zero attached hydrogens (tertiary/aromatic N) is 3. The van der Waals surface area contributed by atoms with E-state index in [2.05, 4.69) is 22.4 Å². The highest BCUT2D eigenvalue weighted by molar-refractivity contribution is 7.99. The minimum absolute atomic E-state index is 0.0215. The fraction of sp³-hybridized carbons (Fsp3) is 0.318. The Morgan fingerprint density at radius 2 is 1.93 bits per heavy atom. The molecule has 0 radical (unpaired) electrons. The molecule has 0 atom stereocenters. The van der Waals surface area contributed by atoms with Crippen molar-refractivity contribution in [1.29, 1.82) is 0 Å². The third kappa shape index (κ3) is 4.67. The zero-order valence-electron chi connectivity index (χ0n) is 17.1. The molecule has 7 heteroatoms. The molecule has 0 unspecified atom stereocenters. The van der Waals surface area contributed by atoms with E-state index in [4.69, 9.17) is 0 Å². The number of para-hydroxylation sites is 1. The van der Waals surface area contributed by atoms with Crippen LogP contribution in [0.5, 0.6) is 0 Å². The molecule has 0 saturated heterocycles. The predicted octanol–water partition coefficient (Wildman–Crippen LogP) is 5.27. The monoisotopic (exact) mass is 412 g/mol. The highest BCUT2D eigenvalue weighted by Gasteiger charge is 2.20. The number of anilines is 1. The molecule has 0 spiro atoms. The largest absolute Gasteiger partial charge is 0.325 e. The van der Waals surface area contributed by atoms with E-state index in [1.54, 1.807) is 18.2 Å². The number of aromatic nitrogens is 3. The van der Waals surface area contributed by atoms with Gasteiger partial charge in [0.2, 0.25) is 5.91 Å². The van der Waals surface area contributed by atoms with Crippen LogP contribution in [0.1, 0.15) is 37.9 Å². The number of hydrogen-bond acceptors (Lipinski definition) is 4. The molecule has 0 aliphatic heterocycles. The van der Waals surface area contributed by atoms with E-state index in [0.29, 0.717) is 16.5 Å². The van der Waals surface area contributed by atoms with Crippen LogP contribution in [0, 0.1) is 12.7 Å². The van der Waals surface area contributed by atoms with Crippen LogP contribution in [-0.4, -0.2) is 26.4 Å². The van der Waals surface area contributed by atoms with Gasteiger partial charge in [0.15, 0.2) is 11.0 Å². The number of halogens is 1. The van der Waals surface area contributed by atoms with Crippen molar-refractivity contribution >= 4 is 23.4 Å². The van der Waals surface area contributed by atoms with Gasteiger partial charge in [-0.25, -0.2) is 4.39 Å². The molecule has 152 valence electrons. The summed E-state index contributed by atoms with van der Waals surface area (Å²) in [5.41, 5.74) is 3.42. The molecule has 2 aromatic carbocycles. The van der Waals surface area contributed by atoms with Crippen molar-refractivity contribution in [2.75, 3.05) is 11.1 Å². The summed E-state index contributed by atoms with van der Waals surface area (Å²) in [6, 6.07) is 12.5. The lowest BCUT2D eigenvalue weighted by Gasteiger charge is -2.15. The van der Waals surface area contributed by atoms with E-state index < -0.39 is 0 Å². The molecule has 0 saturated carbocycles. The maximum Gasteiger partial charge on any atom is 0.234 e. The number of carbonyl (C=O) groups is 1. The molecule has 1 amide bonds. The first-order valence-corrected chi connectivity index (χ1v) is 10.6. The first kappa shape index (κ1) is 21.0. The number of aryl methyl sites for hydroxylation is 2. The molecule has 0 aliphatic carbocycles. The lowest BCUT2D eigenvalue weighted by Crippen LogP contribution is -2.17. The third-order valence-corrected chi connectivity index (χ3v) is 5.58. The number of hydrogen-bond donors (Lipinski definition) is 1. The van der Waals surface area contributed by atoms with Gasteiger partial charge in [0.05, 0.1) is 11.3 Å². The van der Waals surface area contributed by atoms with Crippen molar-refractivity contribution < 1.29 is 9.18 Å². The van der Waals surface area contributed by atoms with Gasteiger partial charge >= 0.3 is 0 Å². The fourth-order valence-electron chi connectivity index (χ4n) is 3.17. The maximum absolute atomic E-state index is 14.2. The van der Waals surface area contributed by atoms with E-state index >= 15 is 0 Å². The number of thioether (sulfide) groups is 1. The van der Waals surface area contributed by atoms with Crippen LogP contribution in [0.2, 0.25) is 0 Å². The van der Waals surface area contributed by atoms with Gasteiger partial charge in [0.25, 0.3) is 0 Å². The summed E-state index contributed by atoms with van der Waals surface area (Å²) in [7, 11) is 0. The molecule has 1 aromatic heterocycles. The zero-order valence-corrected chi connectivity index (χ0v) is 17.9. The molecule has 0 aliphatic rings. The second kappa shape index (κ2) is 9.22. The van der Waals surface area contributed by atoms with E-state index in [1.807, 2.05) is 43.5 Å². The molecular weight excluding hydrogens is 387 g/mol. The Kier molecular flexibility index (Phi) is 6.69. The Labute approximate surface area is 174 Å². The van der Waals surface area contributed by atoms with Gasteiger partial charge in [0.1, 0.15) is 5.82 Å². The average molecular weight is 413 g/mol. The Morgan fingerprint density at radius 3 is 2.62 bits per heavy atom. The lowest BCUT2D eigenvalue weighted by atomic mass is 10.1. The molecule has 29 heavy (non-hydrogen) atoms. The number of benzene rings is 2. The van der Waals surface area contributed by atoms with Crippen molar-refractivity contribution in [1.82, 2.24) is 14.8 Å². The van der Waals surface area contributed by atoms with Gasteiger partial charge < -0.3 is 5.32 Å². The Hall–Kier alpha value is -2.67. The van der Waals surface area contributed by atoms with Gasteiger partial charge in [-0.2, -0.15) is 0 Å². The SMILES string of the molecule is CCc1cccc(C)c1NC(=O)CSc1nnc(-c2ccccc2F)n1C(C)C. The Bertz CT molecular complexity index is 1020. The van der Waals surface area contributed by atoms with Crippen molar-refractivity contribution in [3.63, 3.8) is 0 Å². The van der Waals surface area contributed by atoms with E-state index in [9.17, 15) is 9.18 Å². The van der Waals surface area contributed by atoms with E-state index in [0.717, 1.165) is 23.2 Å². The second-order valence-corrected chi connectivity index (χ2v) is 7.99. The third-order valence-electron chi connectivity index (χ3n) is 4.63. The molecule has 0 fully saturated rings. The molecule has 3 aromatic rings. The highest BCUT2D eigenvalue weighted by Crippen LogP contribution is 2.29. The fourth-order valence-corrected chi connectivity index (χ4v) is 4.04. The number of rotatable bonds is 7. The molecule has 0 bridgehead atoms. The van der Waals surface area contributed by atoms with Crippen LogP contribution in [-0.2, 0) is 11.2 Å². The maximum atomic E-state index is 14.2. The standard InChI is InChI=1S/C22H25FN4OS/c1-5-16-10-8-9-15(4)20(16)24-19(28)13-29-22-26-25-21(27(22)14(2)3)17-11-6-7-12-18(17)23/h6-12,14H,5,13H2,1-4H3,(H,24,28). The first-order valence-electron chi connectivity index (χ1n) is 9.63. The summed E-state index contributed by atoms with van der Waals surface area (Å²) >= 11 is 1.30. The van der Waals surface area contributed by atoms with Gasteiger partial charge in [-0.3, -0.25) is 9.36 Å². The smallest absolute Gasteiger partial charge is 0.234 e. The van der Waals surface area contributed by atoms with Crippen LogP contribution >= 0.6 is 11.8 Å². The normalized spacial score (nSPS) is 11.1. The minimum atomic E-state index is -0.345. The lowest BCUT2D eigenvalue weighted by molar-refractivity contribution is -0.113. The van der Waals surface area contributed by atoms with Gasteiger partial charge in [0, 0.05) is 11.7 Å². The molecule has 1 heterocycles. The Morgan fingerprint density at radius 1 is 1.17 bits per heavy atom. The predicted molar refractivity (Wildman–Crippen MR) is 116 cm³/mol. The second-order valence-electron chi connectivity index (χ2n) is 7.05. The zero-order chi connectivity index (χ0) is 21.0. The molecule has 1 N–H and O–H groups in total. The summed E-state index contributed by atoms with van der Waals surface area (Å²) in [6.07, 6.45) is 0.845. The first-order chi connectivity index (χ1) is 13.9. The van der Waals surface area contributed by atoms with Crippen LogP contribution in [0.25, 0.3) is 11.4 Å². The van der Waals surface area contributed by atoms with Crippen molar-refractivity contribution in [3.8, 4) is 11.4 Å². The van der Waals surface area contributed by atoms with Gasteiger partial charge in [-0.1, -0.05) is 49.0 Å². The summed E-state index contributed by atoms with van der Waals surface area (Å²) in [6.45, 7) is 8.02. The van der Waals surface area contributed by atoms with Crippen LogP contribution in [0.15, 0.2) is 47.6 Å². The van der Waals surface area contributed by atoms with E-state index in [-0.39, 0.29) is 23.5 Å². The topological polar surface area (TPSA) is 59.8 Å². The van der Waals surface area contributed by atoms with Crippen molar-refractivity contribution in [2.45, 2.75) is 45.3 Å². The average Bonchev–Trinajstić information content (AvgIpc) is 3.12. The Balaban J connectivity index is 1.78. The highest BCUT2D eigenvalue weighted by atomic mass is 32.2. The quantitative estimate of drug-likeness (QED) is 0.537. The van der Waals surface area contributed by atoms with Crippen molar-refractivity contribution in [3.05, 3.63) is 59.4 Å². The van der Waals surface area contributed by atoms with Gasteiger partial charge in [-0.15, -0.1) is 10.2 Å². The molecular formula is C22H25FN4OS. The van der Waals surface area contributed by atoms with Crippen LogP contribution < -0.4 is 5.32 Å². The summed E-state index contributed by atoms with van der Waals surface area (Å²) in [4.78, 5) is 12.6. The number of nitrogens with one attached hydrogen (secondary N) is 1. The summed E-state index contributed by atoms with van der Waals surface area (Å²) in [5.74, 6) is 0.209. The summed E-state index contributed by atoms with van der Waals surface area (Å²) < 4.78 is 16.1. The minimum Gasteiger partial charge on any atom is -0.325 e. The number of carbonyl (C=O) groups excluding carboxylic acids is 1. The van der Waals surface area contributed by atoms with Crippen LogP contribution in [0.4, 0.5) is 10.1 Å². The summed E-state index contributed by atoms with van der Waals surface area (Å²) in [5, 5.41) is 12.0. The van der Waals surface area contributed by atoms with Crippen molar-refractivity contribution in [2.24, 2.45) is 0 Å². The van der Waals surface area contributed by atoms with E-state index in [1.165, 1.54) is 17.8 Å². The van der Waals surface area contributed by atoms with Gasteiger partial charge in [-0.05, 0) is 50.5 Å². The molecule has 3 rings (SSSR count). The molecule has 5 nitrogen and oxygen atoms in total. The number of amides is 1. The van der Waals surface area contributed by atoms with Crippen LogP contribution in [0.3, 0.4) is 0 Å².